The fourth-order valence-corrected chi connectivity index (χ4v) is 12.9. The summed E-state index contributed by atoms with van der Waals surface area (Å²) in [6.45, 7) is 20.6. The Kier molecular flexibility index (Phi) is 8.31. The number of methoxy groups -OCH3 is 2. The van der Waals surface area contributed by atoms with Gasteiger partial charge in [-0.1, -0.05) is 65.0 Å². The maximum Gasteiger partial charge on any atom is 0.335 e. The summed E-state index contributed by atoms with van der Waals surface area (Å²) in [5, 5.41) is 13.5. The molecule has 9 unspecified atom stereocenters. The van der Waals surface area contributed by atoms with Gasteiger partial charge in [-0.2, -0.15) is 0 Å². The quantitative estimate of drug-likeness (QED) is 0.225. The minimum absolute atomic E-state index is 0.0260. The first-order valence-corrected chi connectivity index (χ1v) is 17.7. The molecular weight excluding hydrogens is 558 g/mol. The molecule has 9 atom stereocenters. The van der Waals surface area contributed by atoms with Crippen molar-refractivity contribution >= 4 is 11.5 Å². The lowest BCUT2D eigenvalue weighted by atomic mass is 9.33. The first kappa shape index (κ1) is 33.0. The van der Waals surface area contributed by atoms with Crippen molar-refractivity contribution in [1.82, 2.24) is 5.32 Å². The number of allylic oxidation sites excluding steroid dienone is 3. The van der Waals surface area contributed by atoms with Crippen LogP contribution >= 0.6 is 0 Å². The highest BCUT2D eigenvalue weighted by Gasteiger charge is 2.70. The number of carbonyl (C=O) groups is 1. The van der Waals surface area contributed by atoms with E-state index in [0.29, 0.717) is 46.0 Å². The second-order valence-corrected chi connectivity index (χ2v) is 17.0. The van der Waals surface area contributed by atoms with Crippen molar-refractivity contribution in [3.63, 3.8) is 0 Å². The molecule has 45 heavy (non-hydrogen) atoms. The number of aromatic carboxylic acids is 1. The standard InChI is InChI=1S/C40H59NO4/c1-25(2)28-16-21-40(41-24-33(44-8)45-9)23-22-38(6)30(34(28)40)14-15-32-37(5)19-17-29(26-10-12-27(13-11-26)35(42)43)36(3,4)31(37)18-20-39(32,38)7/h10-13,17,28,30-34,41H,1,14-16,18-24H2,2-9H3,(H,42,43). The Morgan fingerprint density at radius 3 is 2.24 bits per heavy atom. The first-order valence-electron chi connectivity index (χ1n) is 17.7. The molecule has 5 nitrogen and oxygen atoms in total. The number of ether oxygens (including phenoxy) is 2. The molecular formula is C40H59NO4. The minimum Gasteiger partial charge on any atom is -0.478 e. The summed E-state index contributed by atoms with van der Waals surface area (Å²) in [6, 6.07) is 7.60. The molecule has 0 heterocycles. The second-order valence-electron chi connectivity index (χ2n) is 17.0. The molecule has 1 aromatic rings. The van der Waals surface area contributed by atoms with E-state index in [2.05, 4.69) is 59.5 Å². The van der Waals surface area contributed by atoms with Gasteiger partial charge in [-0.15, -0.1) is 0 Å². The van der Waals surface area contributed by atoms with Gasteiger partial charge in [0.25, 0.3) is 0 Å². The number of carboxylic acid groups (broad SMARTS) is 1. The Labute approximate surface area is 272 Å². The Balaban J connectivity index is 1.33. The van der Waals surface area contributed by atoms with Crippen LogP contribution in [-0.4, -0.2) is 43.7 Å². The molecule has 0 aromatic heterocycles. The normalized spacial score (nSPS) is 41.8. The third-order valence-electron chi connectivity index (χ3n) is 15.2. The van der Waals surface area contributed by atoms with Crippen LogP contribution in [0.15, 0.2) is 42.5 Å². The Bertz CT molecular complexity index is 1340. The van der Waals surface area contributed by atoms with Gasteiger partial charge in [-0.3, -0.25) is 0 Å². The number of hydrogen-bond acceptors (Lipinski definition) is 4. The highest BCUT2D eigenvalue weighted by atomic mass is 16.7. The van der Waals surface area contributed by atoms with E-state index in [-0.39, 0.29) is 22.7 Å². The van der Waals surface area contributed by atoms with Crippen LogP contribution in [-0.2, 0) is 9.47 Å². The Hall–Kier alpha value is -1.95. The van der Waals surface area contributed by atoms with E-state index in [0.717, 1.165) is 13.0 Å². The second kappa shape index (κ2) is 11.3. The SMILES string of the molecule is C=C(C)C1CCC2(NCC(OC)OC)CCC3(C)C(CCC4C5(C)CC=C(c6ccc(C(=O)O)cc6)C(C)(C)C5CCC43C)C12. The molecule has 1 aromatic carbocycles. The van der Waals surface area contributed by atoms with E-state index in [1.165, 1.54) is 68.1 Å². The van der Waals surface area contributed by atoms with Gasteiger partial charge in [0.1, 0.15) is 0 Å². The number of nitrogens with one attached hydrogen (secondary N) is 1. The molecule has 5 aliphatic rings. The summed E-state index contributed by atoms with van der Waals surface area (Å²) in [7, 11) is 3.49. The number of rotatable bonds is 8. The molecule has 4 fully saturated rings. The summed E-state index contributed by atoms with van der Waals surface area (Å²) < 4.78 is 11.2. The molecule has 5 aliphatic carbocycles. The van der Waals surface area contributed by atoms with Crippen molar-refractivity contribution in [3.05, 3.63) is 53.6 Å². The van der Waals surface area contributed by atoms with E-state index in [1.54, 1.807) is 26.4 Å². The van der Waals surface area contributed by atoms with Gasteiger partial charge < -0.3 is 19.9 Å². The van der Waals surface area contributed by atoms with Crippen LogP contribution in [0.2, 0.25) is 0 Å². The maximum atomic E-state index is 11.5. The first-order chi connectivity index (χ1) is 21.2. The smallest absolute Gasteiger partial charge is 0.335 e. The maximum absolute atomic E-state index is 11.5. The fraction of sp³-hybridized carbons (Fsp3) is 0.725. The Morgan fingerprint density at radius 2 is 1.62 bits per heavy atom. The van der Waals surface area contributed by atoms with Gasteiger partial charge >= 0.3 is 5.97 Å². The lowest BCUT2D eigenvalue weighted by Crippen LogP contribution is -2.68. The van der Waals surface area contributed by atoms with E-state index < -0.39 is 5.97 Å². The summed E-state index contributed by atoms with van der Waals surface area (Å²) >= 11 is 0. The average molecular weight is 618 g/mol. The highest BCUT2D eigenvalue weighted by Crippen LogP contribution is 2.76. The molecule has 0 bridgehead atoms. The van der Waals surface area contributed by atoms with Gasteiger partial charge in [-0.25, -0.2) is 4.79 Å². The zero-order valence-electron chi connectivity index (χ0n) is 29.3. The summed E-state index contributed by atoms with van der Waals surface area (Å²) in [5.74, 6) is 2.29. The van der Waals surface area contributed by atoms with Crippen molar-refractivity contribution in [2.45, 2.75) is 111 Å². The third kappa shape index (κ3) is 4.76. The van der Waals surface area contributed by atoms with Crippen LogP contribution in [0, 0.1) is 51.2 Å². The molecule has 4 saturated carbocycles. The molecule has 0 spiro atoms. The predicted octanol–water partition coefficient (Wildman–Crippen LogP) is 9.00. The molecule has 0 amide bonds. The van der Waals surface area contributed by atoms with Crippen molar-refractivity contribution in [3.8, 4) is 0 Å². The summed E-state index contributed by atoms with van der Waals surface area (Å²) in [4.78, 5) is 11.5. The van der Waals surface area contributed by atoms with Crippen LogP contribution in [0.5, 0.6) is 0 Å². The Morgan fingerprint density at radius 1 is 0.933 bits per heavy atom. The highest BCUT2D eigenvalue weighted by molar-refractivity contribution is 5.88. The van der Waals surface area contributed by atoms with Crippen LogP contribution in [0.4, 0.5) is 0 Å². The molecule has 5 heteroatoms. The average Bonchev–Trinajstić information content (AvgIpc) is 3.38. The predicted molar refractivity (Wildman–Crippen MR) is 182 cm³/mol. The van der Waals surface area contributed by atoms with Crippen molar-refractivity contribution in [2.24, 2.45) is 51.2 Å². The summed E-state index contributed by atoms with van der Waals surface area (Å²) in [5.41, 5.74) is 5.30. The summed E-state index contributed by atoms with van der Waals surface area (Å²) in [6.07, 6.45) is 13.5. The number of carboxylic acids is 1. The third-order valence-corrected chi connectivity index (χ3v) is 15.2. The largest absolute Gasteiger partial charge is 0.478 e. The van der Waals surface area contributed by atoms with Gasteiger partial charge in [-0.05, 0) is 139 Å². The zero-order chi connectivity index (χ0) is 32.6. The van der Waals surface area contributed by atoms with E-state index >= 15 is 0 Å². The van der Waals surface area contributed by atoms with Gasteiger partial charge in [0.05, 0.1) is 5.56 Å². The van der Waals surface area contributed by atoms with Gasteiger partial charge in [0, 0.05) is 26.3 Å². The monoisotopic (exact) mass is 617 g/mol. The van der Waals surface area contributed by atoms with E-state index in [1.807, 2.05) is 12.1 Å². The lowest BCUT2D eigenvalue weighted by molar-refractivity contribution is -0.220. The molecule has 2 N–H and O–H groups in total. The lowest BCUT2D eigenvalue weighted by Gasteiger charge is -2.72. The van der Waals surface area contributed by atoms with Gasteiger partial charge in [0.15, 0.2) is 6.29 Å². The van der Waals surface area contributed by atoms with Crippen LogP contribution in [0.1, 0.15) is 115 Å². The van der Waals surface area contributed by atoms with Crippen molar-refractivity contribution in [1.29, 1.82) is 0 Å². The van der Waals surface area contributed by atoms with Crippen LogP contribution in [0.3, 0.4) is 0 Å². The fourth-order valence-electron chi connectivity index (χ4n) is 12.9. The minimum atomic E-state index is -0.862. The number of hydrogen-bond donors (Lipinski definition) is 2. The van der Waals surface area contributed by atoms with Crippen molar-refractivity contribution in [2.75, 3.05) is 20.8 Å². The number of benzene rings is 1. The van der Waals surface area contributed by atoms with E-state index in [4.69, 9.17) is 9.47 Å². The topological polar surface area (TPSA) is 67.8 Å². The van der Waals surface area contributed by atoms with Crippen LogP contribution < -0.4 is 5.32 Å². The van der Waals surface area contributed by atoms with E-state index in [9.17, 15) is 9.90 Å². The number of fused-ring (bicyclic) bond motifs is 7. The van der Waals surface area contributed by atoms with Crippen LogP contribution in [0.25, 0.3) is 5.57 Å². The van der Waals surface area contributed by atoms with Crippen molar-refractivity contribution < 1.29 is 19.4 Å². The molecule has 6 rings (SSSR count). The molecule has 248 valence electrons. The molecule has 0 aliphatic heterocycles. The zero-order valence-corrected chi connectivity index (χ0v) is 29.3. The molecule has 0 radical (unpaired) electrons. The molecule has 0 saturated heterocycles. The van der Waals surface area contributed by atoms with Gasteiger partial charge in [0.2, 0.25) is 0 Å².